The molecule has 0 saturated heterocycles. The number of hydrogen-bond acceptors (Lipinski definition) is 2. The van der Waals surface area contributed by atoms with Crippen LogP contribution in [-0.4, -0.2) is 16.9 Å². The minimum atomic E-state index is -0.965. The molecule has 4 heteroatoms. The lowest BCUT2D eigenvalue weighted by molar-refractivity contribution is -0.138. The van der Waals surface area contributed by atoms with Crippen LogP contribution in [0.4, 0.5) is 0 Å². The Labute approximate surface area is 98.4 Å². The summed E-state index contributed by atoms with van der Waals surface area (Å²) < 4.78 is 0. The highest BCUT2D eigenvalue weighted by Crippen LogP contribution is 2.10. The first-order valence-electron chi connectivity index (χ1n) is 4.76. The molecule has 0 heterocycles. The van der Waals surface area contributed by atoms with Gasteiger partial charge in [0.25, 0.3) is 0 Å². The predicted molar refractivity (Wildman–Crippen MR) is 62.4 cm³/mol. The molecule has 1 aromatic carbocycles. The van der Waals surface area contributed by atoms with Crippen LogP contribution in [-0.2, 0) is 9.59 Å². The average Bonchev–Trinajstić information content (AvgIpc) is 2.25. The number of ketones is 1. The molecule has 0 spiro atoms. The zero-order valence-corrected chi connectivity index (χ0v) is 9.28. The van der Waals surface area contributed by atoms with Crippen molar-refractivity contribution < 1.29 is 14.7 Å². The van der Waals surface area contributed by atoms with Crippen LogP contribution in [0.2, 0.25) is 5.02 Å². The lowest BCUT2D eigenvalue weighted by atomic mass is 10.1. The molecule has 84 valence electrons. The van der Waals surface area contributed by atoms with Crippen molar-refractivity contribution in [2.75, 3.05) is 0 Å². The predicted octanol–water partition coefficient (Wildman–Crippen LogP) is 2.79. The Morgan fingerprint density at radius 2 is 1.81 bits per heavy atom. The molecule has 1 aromatic rings. The van der Waals surface area contributed by atoms with Crippen molar-refractivity contribution in [2.24, 2.45) is 0 Å². The maximum atomic E-state index is 11.2. The van der Waals surface area contributed by atoms with Gasteiger partial charge in [0, 0.05) is 11.4 Å². The van der Waals surface area contributed by atoms with Gasteiger partial charge in [0.15, 0.2) is 5.78 Å². The van der Waals surface area contributed by atoms with Gasteiger partial charge >= 0.3 is 5.97 Å². The van der Waals surface area contributed by atoms with Crippen LogP contribution in [0.5, 0.6) is 0 Å². The Bertz CT molecular complexity index is 407. The second-order valence-corrected chi connectivity index (χ2v) is 3.68. The summed E-state index contributed by atoms with van der Waals surface area (Å²) in [6.45, 7) is 0. The molecule has 0 bridgehead atoms. The smallest absolute Gasteiger partial charge is 0.303 e. The van der Waals surface area contributed by atoms with Crippen LogP contribution in [0.25, 0.3) is 6.08 Å². The highest BCUT2D eigenvalue weighted by atomic mass is 35.5. The zero-order valence-electron chi connectivity index (χ0n) is 8.52. The third kappa shape index (κ3) is 4.75. The lowest BCUT2D eigenvalue weighted by Gasteiger charge is -1.94. The maximum Gasteiger partial charge on any atom is 0.303 e. The number of carbonyl (C=O) groups is 2. The van der Waals surface area contributed by atoms with Crippen molar-refractivity contribution in [1.82, 2.24) is 0 Å². The molecule has 0 saturated carbocycles. The standard InChI is InChI=1S/C12H11ClO3/c13-10-4-1-9(2-5-10)3-6-11(14)7-8-12(15)16/h1-6H,7-8H2,(H,15,16)/b6-3+. The molecule has 0 aliphatic rings. The van der Waals surface area contributed by atoms with Crippen molar-refractivity contribution in [3.63, 3.8) is 0 Å². The van der Waals surface area contributed by atoms with Crippen LogP contribution in [0.3, 0.4) is 0 Å². The lowest BCUT2D eigenvalue weighted by Crippen LogP contribution is -1.99. The van der Waals surface area contributed by atoms with Crippen LogP contribution in [0.15, 0.2) is 30.3 Å². The Morgan fingerprint density at radius 1 is 1.19 bits per heavy atom. The molecular weight excluding hydrogens is 228 g/mol. The molecule has 0 aliphatic carbocycles. The fraction of sp³-hybridized carbons (Fsp3) is 0.167. The summed E-state index contributed by atoms with van der Waals surface area (Å²) in [5.41, 5.74) is 0.855. The van der Waals surface area contributed by atoms with Gasteiger partial charge in [-0.25, -0.2) is 0 Å². The number of hydrogen-bond donors (Lipinski definition) is 1. The first-order valence-corrected chi connectivity index (χ1v) is 5.14. The van der Waals surface area contributed by atoms with E-state index in [2.05, 4.69) is 0 Å². The topological polar surface area (TPSA) is 54.4 Å². The van der Waals surface area contributed by atoms with Gasteiger partial charge in [0.1, 0.15) is 0 Å². The second kappa shape index (κ2) is 6.08. The van der Waals surface area contributed by atoms with Crippen LogP contribution >= 0.6 is 11.6 Å². The van der Waals surface area contributed by atoms with E-state index in [0.717, 1.165) is 5.56 Å². The Hall–Kier alpha value is -1.61. The summed E-state index contributed by atoms with van der Waals surface area (Å²) >= 11 is 5.70. The number of halogens is 1. The van der Waals surface area contributed by atoms with E-state index < -0.39 is 5.97 Å². The highest BCUT2D eigenvalue weighted by molar-refractivity contribution is 6.30. The zero-order chi connectivity index (χ0) is 12.0. The Balaban J connectivity index is 2.50. The largest absolute Gasteiger partial charge is 0.481 e. The van der Waals surface area contributed by atoms with E-state index in [9.17, 15) is 9.59 Å². The summed E-state index contributed by atoms with van der Waals surface area (Å²) in [5.74, 6) is -1.16. The summed E-state index contributed by atoms with van der Waals surface area (Å²) in [6.07, 6.45) is 2.91. The van der Waals surface area contributed by atoms with Crippen molar-refractivity contribution >= 4 is 29.4 Å². The monoisotopic (exact) mass is 238 g/mol. The maximum absolute atomic E-state index is 11.2. The summed E-state index contributed by atoms with van der Waals surface area (Å²) in [5, 5.41) is 9.02. The molecular formula is C12H11ClO3. The van der Waals surface area contributed by atoms with E-state index in [1.165, 1.54) is 6.08 Å². The average molecular weight is 239 g/mol. The fourth-order valence-electron chi connectivity index (χ4n) is 1.08. The van der Waals surface area contributed by atoms with E-state index in [1.54, 1.807) is 30.3 Å². The molecule has 0 amide bonds. The normalized spacial score (nSPS) is 10.6. The minimum Gasteiger partial charge on any atom is -0.481 e. The first kappa shape index (κ1) is 12.5. The molecule has 0 fully saturated rings. The number of benzene rings is 1. The number of aliphatic carboxylic acids is 1. The molecule has 0 radical (unpaired) electrons. The number of allylic oxidation sites excluding steroid dienone is 1. The number of carboxylic acids is 1. The first-order chi connectivity index (χ1) is 7.58. The summed E-state index contributed by atoms with van der Waals surface area (Å²) in [6, 6.07) is 7.01. The SMILES string of the molecule is O=C(O)CCC(=O)/C=C/c1ccc(Cl)cc1. The van der Waals surface area contributed by atoms with Gasteiger partial charge in [-0.15, -0.1) is 0 Å². The Morgan fingerprint density at radius 3 is 2.38 bits per heavy atom. The van der Waals surface area contributed by atoms with Crippen molar-refractivity contribution in [3.05, 3.63) is 40.9 Å². The van der Waals surface area contributed by atoms with Crippen LogP contribution < -0.4 is 0 Å². The Kier molecular flexibility index (Phi) is 4.73. The van der Waals surface area contributed by atoms with Gasteiger partial charge in [-0.05, 0) is 23.8 Å². The number of rotatable bonds is 5. The van der Waals surface area contributed by atoms with Crippen molar-refractivity contribution in [3.8, 4) is 0 Å². The number of carbonyl (C=O) groups excluding carboxylic acids is 1. The molecule has 0 atom stereocenters. The molecule has 0 unspecified atom stereocenters. The molecule has 16 heavy (non-hydrogen) atoms. The van der Waals surface area contributed by atoms with Gasteiger partial charge in [-0.3, -0.25) is 9.59 Å². The van der Waals surface area contributed by atoms with E-state index in [4.69, 9.17) is 16.7 Å². The molecule has 0 aromatic heterocycles. The van der Waals surface area contributed by atoms with E-state index >= 15 is 0 Å². The third-order valence-corrected chi connectivity index (χ3v) is 2.17. The summed E-state index contributed by atoms with van der Waals surface area (Å²) in [4.78, 5) is 21.4. The van der Waals surface area contributed by atoms with Gasteiger partial charge < -0.3 is 5.11 Å². The quantitative estimate of drug-likeness (QED) is 0.803. The molecule has 1 rings (SSSR count). The molecule has 3 nitrogen and oxygen atoms in total. The van der Waals surface area contributed by atoms with Crippen LogP contribution in [0, 0.1) is 0 Å². The van der Waals surface area contributed by atoms with E-state index in [0.29, 0.717) is 5.02 Å². The highest BCUT2D eigenvalue weighted by Gasteiger charge is 2.01. The van der Waals surface area contributed by atoms with Gasteiger partial charge in [0.2, 0.25) is 0 Å². The molecule has 1 N–H and O–H groups in total. The fourth-order valence-corrected chi connectivity index (χ4v) is 1.20. The van der Waals surface area contributed by atoms with Crippen molar-refractivity contribution in [2.45, 2.75) is 12.8 Å². The van der Waals surface area contributed by atoms with E-state index in [1.807, 2.05) is 0 Å². The van der Waals surface area contributed by atoms with Crippen LogP contribution in [0.1, 0.15) is 18.4 Å². The minimum absolute atomic E-state index is 0.0272. The van der Waals surface area contributed by atoms with Gasteiger partial charge in [-0.1, -0.05) is 29.8 Å². The number of carboxylic acid groups (broad SMARTS) is 1. The second-order valence-electron chi connectivity index (χ2n) is 3.24. The van der Waals surface area contributed by atoms with E-state index in [-0.39, 0.29) is 18.6 Å². The molecule has 0 aliphatic heterocycles. The van der Waals surface area contributed by atoms with Crippen molar-refractivity contribution in [1.29, 1.82) is 0 Å². The van der Waals surface area contributed by atoms with Gasteiger partial charge in [-0.2, -0.15) is 0 Å². The summed E-state index contributed by atoms with van der Waals surface area (Å²) in [7, 11) is 0. The third-order valence-electron chi connectivity index (χ3n) is 1.92. The van der Waals surface area contributed by atoms with Gasteiger partial charge in [0.05, 0.1) is 6.42 Å².